The van der Waals surface area contributed by atoms with E-state index in [2.05, 4.69) is 0 Å². The third kappa shape index (κ3) is 3.71. The van der Waals surface area contributed by atoms with Crippen molar-refractivity contribution in [2.45, 2.75) is 45.8 Å². The van der Waals surface area contributed by atoms with E-state index in [1.807, 2.05) is 6.92 Å². The Morgan fingerprint density at radius 2 is 2.00 bits per heavy atom. The summed E-state index contributed by atoms with van der Waals surface area (Å²) in [5.74, 6) is -0.788. The summed E-state index contributed by atoms with van der Waals surface area (Å²) in [4.78, 5) is 13.8. The van der Waals surface area contributed by atoms with E-state index in [-0.39, 0.29) is 11.5 Å². The normalized spacial score (nSPS) is 22.5. The van der Waals surface area contributed by atoms with Crippen LogP contribution in [0.15, 0.2) is 18.2 Å². The van der Waals surface area contributed by atoms with E-state index < -0.39 is 29.4 Å². The molecule has 0 N–H and O–H groups in total. The molecular weight excluding hydrogens is 276 g/mol. The summed E-state index contributed by atoms with van der Waals surface area (Å²) in [5.41, 5.74) is -0.404. The standard InChI is InChI=1S/C16H21F2NO2/c1-10-7-14(12-8-11(17)5-6-13(12)18)19(9-10)15(20)21-16(2,3)4/h5-6,8,10,14H,7,9H2,1-4H3/t10-,14+/m0/s1. The molecule has 0 unspecified atom stereocenters. The van der Waals surface area contributed by atoms with Crippen molar-refractivity contribution in [2.24, 2.45) is 5.92 Å². The zero-order chi connectivity index (χ0) is 15.8. The van der Waals surface area contributed by atoms with Gasteiger partial charge in [0.1, 0.15) is 17.2 Å². The van der Waals surface area contributed by atoms with Crippen LogP contribution in [0.5, 0.6) is 0 Å². The van der Waals surface area contributed by atoms with E-state index in [1.54, 1.807) is 20.8 Å². The molecule has 1 amide bonds. The van der Waals surface area contributed by atoms with Crippen molar-refractivity contribution in [1.29, 1.82) is 0 Å². The van der Waals surface area contributed by atoms with Gasteiger partial charge in [0.05, 0.1) is 6.04 Å². The maximum absolute atomic E-state index is 14.0. The number of carbonyl (C=O) groups excluding carboxylic acids is 1. The van der Waals surface area contributed by atoms with Crippen molar-refractivity contribution in [3.05, 3.63) is 35.4 Å². The van der Waals surface area contributed by atoms with Crippen molar-refractivity contribution in [1.82, 2.24) is 4.90 Å². The first kappa shape index (κ1) is 15.7. The second-order valence-corrected chi connectivity index (χ2v) is 6.66. The topological polar surface area (TPSA) is 29.5 Å². The largest absolute Gasteiger partial charge is 0.444 e. The number of likely N-dealkylation sites (tertiary alicyclic amines) is 1. The molecule has 1 aliphatic rings. The number of carbonyl (C=O) groups is 1. The lowest BCUT2D eigenvalue weighted by molar-refractivity contribution is 0.0218. The number of amides is 1. The Labute approximate surface area is 123 Å². The Bertz CT molecular complexity index is 540. The van der Waals surface area contributed by atoms with Gasteiger partial charge in [-0.1, -0.05) is 6.92 Å². The van der Waals surface area contributed by atoms with Gasteiger partial charge in [0.15, 0.2) is 0 Å². The molecule has 1 saturated heterocycles. The number of hydrogen-bond acceptors (Lipinski definition) is 2. The number of halogens is 2. The fourth-order valence-corrected chi connectivity index (χ4v) is 2.63. The Balaban J connectivity index is 2.28. The minimum atomic E-state index is -0.617. The molecule has 0 spiro atoms. The molecule has 1 aromatic rings. The quantitative estimate of drug-likeness (QED) is 0.774. The summed E-state index contributed by atoms with van der Waals surface area (Å²) in [6.45, 7) is 7.80. The summed E-state index contributed by atoms with van der Waals surface area (Å²) in [5, 5.41) is 0. The molecular formula is C16H21F2NO2. The predicted octanol–water partition coefficient (Wildman–Crippen LogP) is 4.28. The molecule has 5 heteroatoms. The van der Waals surface area contributed by atoms with Crippen LogP contribution in [0.25, 0.3) is 0 Å². The highest BCUT2D eigenvalue weighted by Gasteiger charge is 2.37. The van der Waals surface area contributed by atoms with Crippen molar-refractivity contribution in [3.63, 3.8) is 0 Å². The van der Waals surface area contributed by atoms with Crippen LogP contribution in [0.4, 0.5) is 13.6 Å². The van der Waals surface area contributed by atoms with Crippen LogP contribution in [0.3, 0.4) is 0 Å². The third-order valence-corrected chi connectivity index (χ3v) is 3.46. The van der Waals surface area contributed by atoms with Gasteiger partial charge in [-0.3, -0.25) is 0 Å². The number of ether oxygens (including phenoxy) is 1. The van der Waals surface area contributed by atoms with E-state index in [1.165, 1.54) is 4.90 Å². The Kier molecular flexibility index (Phi) is 4.21. The van der Waals surface area contributed by atoms with Gasteiger partial charge in [0.2, 0.25) is 0 Å². The molecule has 0 bridgehead atoms. The molecule has 0 aliphatic carbocycles. The summed E-state index contributed by atoms with van der Waals surface area (Å²) in [6.07, 6.45) is 0.111. The van der Waals surface area contributed by atoms with Crippen molar-refractivity contribution in [2.75, 3.05) is 6.54 Å². The molecule has 0 radical (unpaired) electrons. The maximum atomic E-state index is 14.0. The predicted molar refractivity (Wildman–Crippen MR) is 75.8 cm³/mol. The SMILES string of the molecule is C[C@H]1C[C@H](c2cc(F)ccc2F)N(C(=O)OC(C)(C)C)C1. The molecule has 116 valence electrons. The van der Waals surface area contributed by atoms with E-state index in [4.69, 9.17) is 4.74 Å². The highest BCUT2D eigenvalue weighted by atomic mass is 19.1. The fraction of sp³-hybridized carbons (Fsp3) is 0.562. The van der Waals surface area contributed by atoms with Crippen LogP contribution >= 0.6 is 0 Å². The van der Waals surface area contributed by atoms with E-state index in [0.29, 0.717) is 13.0 Å². The Morgan fingerprint density at radius 1 is 1.33 bits per heavy atom. The minimum absolute atomic E-state index is 0.213. The number of benzene rings is 1. The fourth-order valence-electron chi connectivity index (χ4n) is 2.63. The zero-order valence-electron chi connectivity index (χ0n) is 12.8. The Hall–Kier alpha value is -1.65. The summed E-state index contributed by atoms with van der Waals surface area (Å²) < 4.78 is 32.7. The average molecular weight is 297 g/mol. The second-order valence-electron chi connectivity index (χ2n) is 6.66. The monoisotopic (exact) mass is 297 g/mol. The number of rotatable bonds is 1. The van der Waals surface area contributed by atoms with Crippen LogP contribution in [-0.2, 0) is 4.74 Å². The molecule has 2 rings (SSSR count). The van der Waals surface area contributed by atoms with E-state index in [9.17, 15) is 13.6 Å². The number of nitrogens with zero attached hydrogens (tertiary/aromatic N) is 1. The molecule has 2 atom stereocenters. The molecule has 0 saturated carbocycles. The zero-order valence-corrected chi connectivity index (χ0v) is 12.8. The first-order valence-corrected chi connectivity index (χ1v) is 7.12. The van der Waals surface area contributed by atoms with Gasteiger partial charge in [0, 0.05) is 12.1 Å². The Morgan fingerprint density at radius 3 is 2.62 bits per heavy atom. The van der Waals surface area contributed by atoms with Gasteiger partial charge in [-0.05, 0) is 51.3 Å². The molecule has 1 aliphatic heterocycles. The molecule has 3 nitrogen and oxygen atoms in total. The van der Waals surface area contributed by atoms with Gasteiger partial charge in [-0.15, -0.1) is 0 Å². The smallest absolute Gasteiger partial charge is 0.410 e. The van der Waals surface area contributed by atoms with Crippen LogP contribution in [0, 0.1) is 17.6 Å². The van der Waals surface area contributed by atoms with Gasteiger partial charge in [-0.2, -0.15) is 0 Å². The molecule has 1 fully saturated rings. The molecule has 0 aromatic heterocycles. The molecule has 21 heavy (non-hydrogen) atoms. The lowest BCUT2D eigenvalue weighted by Crippen LogP contribution is -2.37. The third-order valence-electron chi connectivity index (χ3n) is 3.46. The van der Waals surface area contributed by atoms with Crippen LogP contribution in [0.2, 0.25) is 0 Å². The summed E-state index contributed by atoms with van der Waals surface area (Å²) in [6, 6.07) is 2.86. The van der Waals surface area contributed by atoms with Gasteiger partial charge < -0.3 is 9.64 Å². The van der Waals surface area contributed by atoms with Gasteiger partial charge >= 0.3 is 6.09 Å². The first-order valence-electron chi connectivity index (χ1n) is 7.12. The maximum Gasteiger partial charge on any atom is 0.410 e. The van der Waals surface area contributed by atoms with Crippen molar-refractivity contribution < 1.29 is 18.3 Å². The van der Waals surface area contributed by atoms with Gasteiger partial charge in [0.25, 0.3) is 0 Å². The van der Waals surface area contributed by atoms with Crippen molar-refractivity contribution in [3.8, 4) is 0 Å². The van der Waals surface area contributed by atoms with Crippen LogP contribution in [0.1, 0.15) is 45.7 Å². The molecule has 1 aromatic carbocycles. The van der Waals surface area contributed by atoms with E-state index >= 15 is 0 Å². The minimum Gasteiger partial charge on any atom is -0.444 e. The first-order chi connectivity index (χ1) is 9.67. The van der Waals surface area contributed by atoms with E-state index in [0.717, 1.165) is 18.2 Å². The molecule has 1 heterocycles. The van der Waals surface area contributed by atoms with Crippen LogP contribution < -0.4 is 0 Å². The lowest BCUT2D eigenvalue weighted by Gasteiger charge is -2.29. The summed E-state index contributed by atoms with van der Waals surface area (Å²) in [7, 11) is 0. The van der Waals surface area contributed by atoms with Crippen LogP contribution in [-0.4, -0.2) is 23.1 Å². The van der Waals surface area contributed by atoms with Crippen molar-refractivity contribution >= 4 is 6.09 Å². The highest BCUT2D eigenvalue weighted by molar-refractivity contribution is 5.69. The number of hydrogen-bond donors (Lipinski definition) is 0. The summed E-state index contributed by atoms with van der Waals surface area (Å²) >= 11 is 0. The van der Waals surface area contributed by atoms with Gasteiger partial charge in [-0.25, -0.2) is 13.6 Å². The highest BCUT2D eigenvalue weighted by Crippen LogP contribution is 2.37. The second kappa shape index (κ2) is 5.62. The average Bonchev–Trinajstić information content (AvgIpc) is 2.72. The lowest BCUT2D eigenvalue weighted by atomic mass is 10.0.